The molecule has 2 N–H and O–H groups in total. The van der Waals surface area contributed by atoms with Crippen LogP contribution < -0.4 is 10.6 Å². The van der Waals surface area contributed by atoms with E-state index < -0.39 is 0 Å². The number of aliphatic imine (C=N–C) groups is 1. The molecular weight excluding hydrogens is 490 g/mol. The first-order valence-electron chi connectivity index (χ1n) is 8.69. The summed E-state index contributed by atoms with van der Waals surface area (Å²) in [6, 6.07) is 16.4. The summed E-state index contributed by atoms with van der Waals surface area (Å²) in [5.41, 5.74) is 0.898. The Kier molecular flexibility index (Phi) is 11.6. The van der Waals surface area contributed by atoms with E-state index in [1.54, 1.807) is 38.0 Å². The molecule has 5 nitrogen and oxygen atoms in total. The summed E-state index contributed by atoms with van der Waals surface area (Å²) in [5, 5.41) is 6.28. The quantitative estimate of drug-likeness (QED) is 0.186. The first kappa shape index (κ1) is 24.2. The highest BCUT2D eigenvalue weighted by Crippen LogP contribution is 2.15. The van der Waals surface area contributed by atoms with Crippen molar-refractivity contribution in [3.05, 3.63) is 66.0 Å². The van der Waals surface area contributed by atoms with Crippen molar-refractivity contribution in [1.29, 1.82) is 0 Å². The number of likely N-dealkylation sites (N-methyl/N-ethyl adjacent to an activating group) is 1. The fraction of sp³-hybridized carbons (Fsp3) is 0.300. The predicted molar refractivity (Wildman–Crippen MR) is 125 cm³/mol. The van der Waals surface area contributed by atoms with Gasteiger partial charge in [-0.15, -0.1) is 35.7 Å². The van der Waals surface area contributed by atoms with Crippen LogP contribution in [0.3, 0.4) is 0 Å². The lowest BCUT2D eigenvalue weighted by molar-refractivity contribution is -0.127. The van der Waals surface area contributed by atoms with Crippen molar-refractivity contribution in [2.45, 2.75) is 11.4 Å². The summed E-state index contributed by atoms with van der Waals surface area (Å²) in [5.74, 6) is 1.12. The lowest BCUT2D eigenvalue weighted by Crippen LogP contribution is -2.43. The maximum atomic E-state index is 13.0. The number of guanidine groups is 1. The molecule has 8 heteroatoms. The molecule has 28 heavy (non-hydrogen) atoms. The third kappa shape index (κ3) is 9.41. The number of thioether (sulfide) groups is 1. The molecule has 0 aliphatic heterocycles. The summed E-state index contributed by atoms with van der Waals surface area (Å²) in [4.78, 5) is 19.0. The van der Waals surface area contributed by atoms with Crippen molar-refractivity contribution >= 4 is 47.6 Å². The molecule has 0 bridgehead atoms. The summed E-state index contributed by atoms with van der Waals surface area (Å²) in [7, 11) is 3.42. The number of nitrogens with one attached hydrogen (secondary N) is 2. The Morgan fingerprint density at radius 1 is 1.07 bits per heavy atom. The van der Waals surface area contributed by atoms with E-state index in [0.29, 0.717) is 19.0 Å². The molecule has 2 rings (SSSR count). The number of amides is 1. The topological polar surface area (TPSA) is 56.7 Å². The standard InChI is InChI=1S/C20H25FN4OS.HI/c1-25(2)19(26)15-24-20(23-14-16-8-10-17(21)11-9-16)22-12-13-27-18-6-4-3-5-7-18;/h3-11H,12-15H2,1-2H3,(H2,22,23,24);1H. The average Bonchev–Trinajstić information content (AvgIpc) is 2.68. The molecule has 0 aromatic heterocycles. The van der Waals surface area contributed by atoms with Gasteiger partial charge in [0.05, 0.1) is 13.1 Å². The van der Waals surface area contributed by atoms with Crippen molar-refractivity contribution in [2.24, 2.45) is 4.99 Å². The Bertz CT molecular complexity index is 742. The summed E-state index contributed by atoms with van der Waals surface area (Å²) in [6.07, 6.45) is 0. The SMILES string of the molecule is CN(C)C(=O)CNC(=NCc1ccc(F)cc1)NCCSc1ccccc1.I. The molecule has 0 saturated heterocycles. The molecule has 2 aromatic carbocycles. The van der Waals surface area contributed by atoms with Crippen LogP contribution >= 0.6 is 35.7 Å². The maximum absolute atomic E-state index is 13.0. The van der Waals surface area contributed by atoms with Crippen LogP contribution in [0.15, 0.2) is 64.5 Å². The molecule has 0 saturated carbocycles. The van der Waals surface area contributed by atoms with E-state index in [9.17, 15) is 9.18 Å². The van der Waals surface area contributed by atoms with Crippen molar-refractivity contribution < 1.29 is 9.18 Å². The zero-order chi connectivity index (χ0) is 19.5. The number of rotatable bonds is 8. The van der Waals surface area contributed by atoms with Crippen molar-refractivity contribution in [2.75, 3.05) is 32.9 Å². The lowest BCUT2D eigenvalue weighted by atomic mass is 10.2. The maximum Gasteiger partial charge on any atom is 0.241 e. The Labute approximate surface area is 187 Å². The number of carbonyl (C=O) groups excluding carboxylic acids is 1. The summed E-state index contributed by atoms with van der Waals surface area (Å²) < 4.78 is 13.0. The largest absolute Gasteiger partial charge is 0.356 e. The van der Waals surface area contributed by atoms with Gasteiger partial charge >= 0.3 is 0 Å². The highest BCUT2D eigenvalue weighted by Gasteiger charge is 2.06. The van der Waals surface area contributed by atoms with E-state index in [1.165, 1.54) is 21.9 Å². The third-order valence-corrected chi connectivity index (χ3v) is 4.66. The van der Waals surface area contributed by atoms with Crippen LogP contribution in [0.2, 0.25) is 0 Å². The van der Waals surface area contributed by atoms with Crippen molar-refractivity contribution in [1.82, 2.24) is 15.5 Å². The number of benzene rings is 2. The normalized spacial score (nSPS) is 10.8. The zero-order valence-electron chi connectivity index (χ0n) is 16.0. The van der Waals surface area contributed by atoms with Crippen LogP contribution in [0, 0.1) is 5.82 Å². The van der Waals surface area contributed by atoms with Gasteiger partial charge in [-0.1, -0.05) is 30.3 Å². The van der Waals surface area contributed by atoms with Gasteiger partial charge in [0.2, 0.25) is 5.91 Å². The van der Waals surface area contributed by atoms with Crippen LogP contribution in [-0.4, -0.2) is 49.7 Å². The average molecular weight is 516 g/mol. The Balaban J connectivity index is 0.00000392. The zero-order valence-corrected chi connectivity index (χ0v) is 19.2. The molecule has 152 valence electrons. The second-order valence-corrected chi connectivity index (χ2v) is 7.19. The molecule has 0 unspecified atom stereocenters. The second-order valence-electron chi connectivity index (χ2n) is 6.02. The van der Waals surface area contributed by atoms with Gasteiger partial charge in [-0.2, -0.15) is 0 Å². The van der Waals surface area contributed by atoms with E-state index in [1.807, 2.05) is 18.2 Å². The van der Waals surface area contributed by atoms with Crippen LogP contribution in [0.4, 0.5) is 4.39 Å². The molecule has 0 atom stereocenters. The minimum atomic E-state index is -0.270. The number of halogens is 2. The molecule has 2 aromatic rings. The number of carbonyl (C=O) groups is 1. The van der Waals surface area contributed by atoms with E-state index in [4.69, 9.17) is 0 Å². The van der Waals surface area contributed by atoms with Crippen LogP contribution in [-0.2, 0) is 11.3 Å². The lowest BCUT2D eigenvalue weighted by Gasteiger charge is -2.15. The first-order chi connectivity index (χ1) is 13.0. The highest BCUT2D eigenvalue weighted by atomic mass is 127. The van der Waals surface area contributed by atoms with Gasteiger partial charge in [0.15, 0.2) is 5.96 Å². The minimum absolute atomic E-state index is 0. The van der Waals surface area contributed by atoms with Crippen molar-refractivity contribution in [3.8, 4) is 0 Å². The van der Waals surface area contributed by atoms with E-state index >= 15 is 0 Å². The van der Waals surface area contributed by atoms with Crippen molar-refractivity contribution in [3.63, 3.8) is 0 Å². The Morgan fingerprint density at radius 2 is 1.75 bits per heavy atom. The highest BCUT2D eigenvalue weighted by molar-refractivity contribution is 14.0. The van der Waals surface area contributed by atoms with Crippen LogP contribution in [0.1, 0.15) is 5.56 Å². The van der Waals surface area contributed by atoms with Gasteiger partial charge in [-0.25, -0.2) is 9.38 Å². The van der Waals surface area contributed by atoms with Gasteiger partial charge in [0.1, 0.15) is 5.82 Å². The molecule has 1 amide bonds. The number of nitrogens with zero attached hydrogens (tertiary/aromatic N) is 2. The van der Waals surface area contributed by atoms with Gasteiger partial charge < -0.3 is 15.5 Å². The Hall–Kier alpha value is -1.81. The van der Waals surface area contributed by atoms with E-state index in [-0.39, 0.29) is 42.2 Å². The second kappa shape index (κ2) is 13.4. The first-order valence-corrected chi connectivity index (χ1v) is 9.68. The van der Waals surface area contributed by atoms with E-state index in [0.717, 1.165) is 11.3 Å². The van der Waals surface area contributed by atoms with Gasteiger partial charge in [-0.05, 0) is 29.8 Å². The number of hydrogen-bond acceptors (Lipinski definition) is 3. The molecule has 0 aliphatic rings. The van der Waals surface area contributed by atoms with Crippen LogP contribution in [0.5, 0.6) is 0 Å². The van der Waals surface area contributed by atoms with Crippen LogP contribution in [0.25, 0.3) is 0 Å². The fourth-order valence-electron chi connectivity index (χ4n) is 2.11. The molecular formula is C20H26FIN4OS. The van der Waals surface area contributed by atoms with Gasteiger partial charge in [0.25, 0.3) is 0 Å². The van der Waals surface area contributed by atoms with Gasteiger partial charge in [-0.3, -0.25) is 4.79 Å². The Morgan fingerprint density at radius 3 is 2.39 bits per heavy atom. The predicted octanol–water partition coefficient (Wildman–Crippen LogP) is 3.36. The van der Waals surface area contributed by atoms with Gasteiger partial charge in [0, 0.05) is 31.3 Å². The van der Waals surface area contributed by atoms with E-state index in [2.05, 4.69) is 27.8 Å². The number of hydrogen-bond donors (Lipinski definition) is 2. The summed E-state index contributed by atoms with van der Waals surface area (Å²) >= 11 is 1.75. The minimum Gasteiger partial charge on any atom is -0.356 e. The molecule has 0 fully saturated rings. The summed E-state index contributed by atoms with van der Waals surface area (Å²) in [6.45, 7) is 1.26. The third-order valence-electron chi connectivity index (χ3n) is 3.65. The fourth-order valence-corrected chi connectivity index (χ4v) is 2.90. The molecule has 0 aliphatic carbocycles. The monoisotopic (exact) mass is 516 g/mol. The smallest absolute Gasteiger partial charge is 0.241 e. The molecule has 0 radical (unpaired) electrons. The molecule has 0 spiro atoms. The molecule has 0 heterocycles.